The normalized spacial score (nSPS) is 13.0. The molecule has 66 valence electrons. The molecule has 0 fully saturated rings. The van der Waals surface area contributed by atoms with Crippen LogP contribution in [0.5, 0.6) is 0 Å². The van der Waals surface area contributed by atoms with Crippen LogP contribution < -0.4 is 0 Å². The smallest absolute Gasteiger partial charge is 0.145 e. The highest BCUT2D eigenvalue weighted by Gasteiger charge is 2.10. The molecule has 1 atom stereocenters. The molecule has 0 amide bonds. The fraction of sp³-hybridized carbons (Fsp3) is 0.875. The summed E-state index contributed by atoms with van der Waals surface area (Å²) in [4.78, 5) is 11.2. The summed E-state index contributed by atoms with van der Waals surface area (Å²) in [5.74, 6) is 1.11. The van der Waals surface area contributed by atoms with E-state index in [4.69, 9.17) is 4.74 Å². The Labute approximate surface area is 72.7 Å². The fourth-order valence-electron chi connectivity index (χ4n) is 0.740. The summed E-state index contributed by atoms with van der Waals surface area (Å²) < 4.78 is 4.88. The summed E-state index contributed by atoms with van der Waals surface area (Å²) in [7, 11) is 1.66. The summed E-state index contributed by atoms with van der Waals surface area (Å²) in [5.41, 5.74) is 0. The third kappa shape index (κ3) is 5.27. The number of Topliss-reactive ketones (excluding diaryl/α,β-unsaturated/α-hetero) is 1. The van der Waals surface area contributed by atoms with Gasteiger partial charge in [0.05, 0.1) is 5.75 Å². The minimum atomic E-state index is 0.155. The van der Waals surface area contributed by atoms with Crippen molar-refractivity contribution in [3.05, 3.63) is 0 Å². The Morgan fingerprint density at radius 2 is 2.27 bits per heavy atom. The topological polar surface area (TPSA) is 26.3 Å². The number of ether oxygens (including phenoxy) is 1. The van der Waals surface area contributed by atoms with Gasteiger partial charge in [-0.2, -0.15) is 11.8 Å². The number of rotatable bonds is 6. The van der Waals surface area contributed by atoms with Gasteiger partial charge in [-0.05, 0) is 12.7 Å². The number of thioether (sulfide) groups is 1. The maximum atomic E-state index is 11.2. The molecule has 0 radical (unpaired) electrons. The van der Waals surface area contributed by atoms with Crippen molar-refractivity contribution < 1.29 is 9.53 Å². The molecule has 0 aromatic carbocycles. The minimum Gasteiger partial charge on any atom is -0.385 e. The molecule has 0 saturated heterocycles. The molecule has 1 unspecified atom stereocenters. The second-order valence-corrected chi connectivity index (χ2v) is 3.45. The van der Waals surface area contributed by atoms with Crippen molar-refractivity contribution in [1.82, 2.24) is 0 Å². The highest BCUT2D eigenvalue weighted by atomic mass is 32.2. The van der Waals surface area contributed by atoms with E-state index in [1.165, 1.54) is 0 Å². The molecule has 0 bridgehead atoms. The maximum absolute atomic E-state index is 11.2. The van der Waals surface area contributed by atoms with Crippen molar-refractivity contribution in [3.8, 4) is 0 Å². The molecule has 0 aromatic rings. The van der Waals surface area contributed by atoms with Crippen LogP contribution >= 0.6 is 11.8 Å². The monoisotopic (exact) mass is 176 g/mol. The van der Waals surface area contributed by atoms with Crippen LogP contribution in [0.25, 0.3) is 0 Å². The number of carbonyl (C=O) groups excluding carboxylic acids is 1. The van der Waals surface area contributed by atoms with Crippen LogP contribution in [0, 0.1) is 5.92 Å². The Morgan fingerprint density at radius 1 is 1.64 bits per heavy atom. The van der Waals surface area contributed by atoms with Crippen LogP contribution in [-0.2, 0) is 9.53 Å². The molecule has 0 N–H and O–H groups in total. The van der Waals surface area contributed by atoms with Gasteiger partial charge in [0.1, 0.15) is 5.78 Å². The number of hydrogen-bond acceptors (Lipinski definition) is 3. The van der Waals surface area contributed by atoms with E-state index < -0.39 is 0 Å². The van der Waals surface area contributed by atoms with Crippen molar-refractivity contribution in [2.24, 2.45) is 5.92 Å². The van der Waals surface area contributed by atoms with Crippen molar-refractivity contribution in [2.75, 3.05) is 25.7 Å². The standard InChI is InChI=1S/C8H16O2S/c1-7(4-5-10-2)8(9)6-11-3/h7H,4-6H2,1-3H3. The molecule has 0 heterocycles. The predicted octanol–water partition coefficient (Wildman–Crippen LogP) is 1.59. The Balaban J connectivity index is 3.46. The number of hydrogen-bond donors (Lipinski definition) is 0. The molecule has 0 aliphatic carbocycles. The van der Waals surface area contributed by atoms with E-state index in [1.807, 2.05) is 13.2 Å². The van der Waals surface area contributed by atoms with Gasteiger partial charge >= 0.3 is 0 Å². The van der Waals surface area contributed by atoms with E-state index in [2.05, 4.69) is 0 Å². The average molecular weight is 176 g/mol. The number of methoxy groups -OCH3 is 1. The molecule has 2 nitrogen and oxygen atoms in total. The quantitative estimate of drug-likeness (QED) is 0.615. The molecule has 11 heavy (non-hydrogen) atoms. The first kappa shape index (κ1) is 11.0. The largest absolute Gasteiger partial charge is 0.385 e. The van der Waals surface area contributed by atoms with Crippen molar-refractivity contribution in [2.45, 2.75) is 13.3 Å². The summed E-state index contributed by atoms with van der Waals surface area (Å²) in [6.45, 7) is 2.64. The van der Waals surface area contributed by atoms with E-state index >= 15 is 0 Å². The first-order valence-corrected chi connectivity index (χ1v) is 5.12. The van der Waals surface area contributed by atoms with Crippen LogP contribution in [0.1, 0.15) is 13.3 Å². The Hall–Kier alpha value is -0.0200. The van der Waals surface area contributed by atoms with Crippen LogP contribution in [-0.4, -0.2) is 31.5 Å². The fourth-order valence-corrected chi connectivity index (χ4v) is 1.31. The van der Waals surface area contributed by atoms with Gasteiger partial charge in [0.2, 0.25) is 0 Å². The molecular weight excluding hydrogens is 160 g/mol. The van der Waals surface area contributed by atoms with E-state index in [1.54, 1.807) is 18.9 Å². The molecule has 0 aromatic heterocycles. The lowest BCUT2D eigenvalue weighted by molar-refractivity contribution is -0.120. The lowest BCUT2D eigenvalue weighted by Gasteiger charge is -2.07. The predicted molar refractivity (Wildman–Crippen MR) is 49.0 cm³/mol. The molecule has 0 spiro atoms. The summed E-state index contributed by atoms with van der Waals surface area (Å²) in [6.07, 6.45) is 2.79. The van der Waals surface area contributed by atoms with Gasteiger partial charge in [0, 0.05) is 19.6 Å². The van der Waals surface area contributed by atoms with Gasteiger partial charge in [-0.25, -0.2) is 0 Å². The first-order chi connectivity index (χ1) is 5.22. The van der Waals surface area contributed by atoms with Gasteiger partial charge in [-0.3, -0.25) is 4.79 Å². The third-order valence-electron chi connectivity index (χ3n) is 1.59. The maximum Gasteiger partial charge on any atom is 0.145 e. The third-order valence-corrected chi connectivity index (χ3v) is 2.16. The van der Waals surface area contributed by atoms with E-state index in [0.29, 0.717) is 18.1 Å². The van der Waals surface area contributed by atoms with Crippen molar-refractivity contribution >= 4 is 17.5 Å². The highest BCUT2D eigenvalue weighted by molar-refractivity contribution is 7.99. The molecule has 3 heteroatoms. The van der Waals surface area contributed by atoms with Gasteiger partial charge in [0.15, 0.2) is 0 Å². The van der Waals surface area contributed by atoms with Gasteiger partial charge in [-0.15, -0.1) is 0 Å². The molecule has 0 aliphatic rings. The zero-order chi connectivity index (χ0) is 8.69. The molecule has 0 rings (SSSR count). The second-order valence-electron chi connectivity index (χ2n) is 2.58. The van der Waals surface area contributed by atoms with Gasteiger partial charge in [-0.1, -0.05) is 6.92 Å². The lowest BCUT2D eigenvalue weighted by atomic mass is 10.1. The van der Waals surface area contributed by atoms with E-state index in [-0.39, 0.29) is 5.92 Å². The Bertz CT molecular complexity index is 115. The number of carbonyl (C=O) groups is 1. The summed E-state index contributed by atoms with van der Waals surface area (Å²) >= 11 is 1.58. The van der Waals surface area contributed by atoms with Crippen molar-refractivity contribution in [1.29, 1.82) is 0 Å². The minimum absolute atomic E-state index is 0.155. The number of ketones is 1. The average Bonchev–Trinajstić information content (AvgIpc) is 2.00. The Kier molecular flexibility index (Phi) is 6.66. The van der Waals surface area contributed by atoms with Crippen LogP contribution in [0.15, 0.2) is 0 Å². The van der Waals surface area contributed by atoms with Gasteiger partial charge in [0.25, 0.3) is 0 Å². The molecule has 0 saturated carbocycles. The van der Waals surface area contributed by atoms with Crippen molar-refractivity contribution in [3.63, 3.8) is 0 Å². The summed E-state index contributed by atoms with van der Waals surface area (Å²) in [6, 6.07) is 0. The van der Waals surface area contributed by atoms with Crippen LogP contribution in [0.3, 0.4) is 0 Å². The van der Waals surface area contributed by atoms with Crippen LogP contribution in [0.2, 0.25) is 0 Å². The zero-order valence-corrected chi connectivity index (χ0v) is 8.24. The summed E-state index contributed by atoms with van der Waals surface area (Å²) in [5, 5.41) is 0. The van der Waals surface area contributed by atoms with Crippen LogP contribution in [0.4, 0.5) is 0 Å². The van der Waals surface area contributed by atoms with E-state index in [9.17, 15) is 4.79 Å². The Morgan fingerprint density at radius 3 is 2.73 bits per heavy atom. The molecule has 0 aliphatic heterocycles. The lowest BCUT2D eigenvalue weighted by Crippen LogP contribution is -2.14. The highest BCUT2D eigenvalue weighted by Crippen LogP contribution is 2.06. The first-order valence-electron chi connectivity index (χ1n) is 3.73. The molecular formula is C8H16O2S. The second kappa shape index (κ2) is 6.68. The van der Waals surface area contributed by atoms with Gasteiger partial charge < -0.3 is 4.74 Å². The van der Waals surface area contributed by atoms with E-state index in [0.717, 1.165) is 6.42 Å². The SMILES string of the molecule is COCCC(C)C(=O)CSC. The zero-order valence-electron chi connectivity index (χ0n) is 7.42.